The molecule has 0 spiro atoms. The van der Waals surface area contributed by atoms with Crippen molar-refractivity contribution in [2.24, 2.45) is 18.9 Å². The minimum absolute atomic E-state index is 0.108. The standard InChI is InChI=1S/C22H24ClN7O3S/c1-11-9-30(6-5-13(11)7-15(31)17-14(8-24)16(23)12(2)27-17)22-28-18(19(34-22)21(32)33-4)20-25-10-26-29(20)3/h10-11,13,27H,5-7,9H2,1-4H3/t11-,13-/m0/s1. The quantitative estimate of drug-likeness (QED) is 0.400. The summed E-state index contributed by atoms with van der Waals surface area (Å²) >= 11 is 7.41. The Morgan fingerprint density at radius 2 is 2.21 bits per heavy atom. The van der Waals surface area contributed by atoms with Gasteiger partial charge in [-0.3, -0.25) is 4.79 Å². The van der Waals surface area contributed by atoms with Crippen molar-refractivity contribution in [2.45, 2.75) is 26.7 Å². The topological polar surface area (TPSA) is 130 Å². The lowest BCUT2D eigenvalue weighted by Gasteiger charge is -2.36. The first-order chi connectivity index (χ1) is 16.2. The third kappa shape index (κ3) is 4.31. The molecule has 12 heteroatoms. The summed E-state index contributed by atoms with van der Waals surface area (Å²) in [5.74, 6) is 0.256. The molecular weight excluding hydrogens is 478 g/mol. The zero-order chi connectivity index (χ0) is 24.6. The maximum absolute atomic E-state index is 12.9. The van der Waals surface area contributed by atoms with Crippen molar-refractivity contribution in [3.8, 4) is 17.6 Å². The molecule has 0 radical (unpaired) electrons. The summed E-state index contributed by atoms with van der Waals surface area (Å²) in [5.41, 5.74) is 1.56. The minimum atomic E-state index is -0.469. The van der Waals surface area contributed by atoms with Gasteiger partial charge in [-0.25, -0.2) is 19.4 Å². The fourth-order valence-electron chi connectivity index (χ4n) is 4.26. The Hall–Kier alpha value is -3.23. The summed E-state index contributed by atoms with van der Waals surface area (Å²) < 4.78 is 6.52. The Bertz CT molecular complexity index is 1290. The number of aryl methyl sites for hydroxylation is 2. The van der Waals surface area contributed by atoms with E-state index in [4.69, 9.17) is 21.3 Å². The van der Waals surface area contributed by atoms with Gasteiger partial charge in [-0.15, -0.1) is 0 Å². The highest BCUT2D eigenvalue weighted by atomic mass is 35.5. The number of anilines is 1. The summed E-state index contributed by atoms with van der Waals surface area (Å²) in [7, 11) is 3.08. The van der Waals surface area contributed by atoms with Crippen molar-refractivity contribution in [1.29, 1.82) is 5.26 Å². The van der Waals surface area contributed by atoms with Crippen molar-refractivity contribution >= 4 is 39.8 Å². The van der Waals surface area contributed by atoms with Crippen LogP contribution in [0.25, 0.3) is 11.5 Å². The summed E-state index contributed by atoms with van der Waals surface area (Å²) in [5, 5.41) is 14.5. The largest absolute Gasteiger partial charge is 0.465 e. The predicted molar refractivity (Wildman–Crippen MR) is 127 cm³/mol. The maximum Gasteiger partial charge on any atom is 0.350 e. The Kier molecular flexibility index (Phi) is 6.72. The van der Waals surface area contributed by atoms with Crippen LogP contribution in [0.4, 0.5) is 5.13 Å². The zero-order valence-corrected chi connectivity index (χ0v) is 20.8. The number of aromatic amines is 1. The second-order valence-corrected chi connectivity index (χ2v) is 9.75. The van der Waals surface area contributed by atoms with Crippen molar-refractivity contribution in [3.63, 3.8) is 0 Å². The molecule has 0 unspecified atom stereocenters. The molecule has 1 aliphatic heterocycles. The smallest absolute Gasteiger partial charge is 0.350 e. The molecule has 1 saturated heterocycles. The number of nitriles is 1. The third-order valence-corrected chi connectivity index (χ3v) is 7.78. The number of hydrogen-bond donors (Lipinski definition) is 1. The van der Waals surface area contributed by atoms with Crippen molar-refractivity contribution < 1.29 is 14.3 Å². The SMILES string of the molecule is COC(=O)c1sc(N2CC[C@@H](CC(=O)c3[nH]c(C)c(Cl)c3C#N)[C@@H](C)C2)nc1-c1ncnn1C. The Morgan fingerprint density at radius 3 is 2.82 bits per heavy atom. The van der Waals surface area contributed by atoms with Crippen LogP contribution in [0.3, 0.4) is 0 Å². The second kappa shape index (κ2) is 9.56. The molecule has 1 N–H and O–H groups in total. The molecule has 34 heavy (non-hydrogen) atoms. The number of rotatable bonds is 6. The molecule has 1 fully saturated rings. The van der Waals surface area contributed by atoms with Gasteiger partial charge in [0.2, 0.25) is 0 Å². The average Bonchev–Trinajstić information content (AvgIpc) is 3.52. The number of thiazole rings is 1. The van der Waals surface area contributed by atoms with Gasteiger partial charge in [-0.2, -0.15) is 10.4 Å². The molecule has 4 rings (SSSR count). The molecule has 0 amide bonds. The number of carbonyl (C=O) groups excluding carboxylic acids is 2. The number of ketones is 1. The summed E-state index contributed by atoms with van der Waals surface area (Å²) in [6.07, 6.45) is 2.51. The van der Waals surface area contributed by atoms with Gasteiger partial charge in [0, 0.05) is 32.3 Å². The third-order valence-electron chi connectivity index (χ3n) is 6.21. The summed E-state index contributed by atoms with van der Waals surface area (Å²) in [4.78, 5) is 39.7. The maximum atomic E-state index is 12.9. The van der Waals surface area contributed by atoms with Crippen LogP contribution in [0.1, 0.15) is 51.2 Å². The number of esters is 1. The van der Waals surface area contributed by atoms with E-state index < -0.39 is 5.97 Å². The number of Topliss-reactive ketones (excluding diaryl/α,β-unsaturated/α-hetero) is 1. The molecule has 0 aliphatic carbocycles. The van der Waals surface area contributed by atoms with E-state index in [1.807, 2.05) is 6.07 Å². The first-order valence-corrected chi connectivity index (χ1v) is 11.9. The van der Waals surface area contributed by atoms with Gasteiger partial charge in [0.15, 0.2) is 16.7 Å². The first-order valence-electron chi connectivity index (χ1n) is 10.7. The molecular formula is C22H24ClN7O3S. The van der Waals surface area contributed by atoms with Crippen LogP contribution < -0.4 is 4.90 Å². The summed E-state index contributed by atoms with van der Waals surface area (Å²) in [6, 6.07) is 2.03. The molecule has 1 aliphatic rings. The number of H-pyrrole nitrogens is 1. The lowest BCUT2D eigenvalue weighted by molar-refractivity contribution is 0.0606. The van der Waals surface area contributed by atoms with Crippen LogP contribution >= 0.6 is 22.9 Å². The van der Waals surface area contributed by atoms with Gasteiger partial charge in [-0.05, 0) is 25.2 Å². The number of piperidine rings is 1. The lowest BCUT2D eigenvalue weighted by atomic mass is 9.83. The van der Waals surface area contributed by atoms with Gasteiger partial charge >= 0.3 is 5.97 Å². The number of hydrogen-bond acceptors (Lipinski definition) is 9. The van der Waals surface area contributed by atoms with Crippen molar-refractivity contribution in [3.05, 3.63) is 33.2 Å². The van der Waals surface area contributed by atoms with E-state index in [0.717, 1.165) is 6.42 Å². The van der Waals surface area contributed by atoms with E-state index in [0.29, 0.717) is 51.8 Å². The normalized spacial score (nSPS) is 18.1. The number of nitrogens with one attached hydrogen (secondary N) is 1. The molecule has 3 aromatic heterocycles. The highest BCUT2D eigenvalue weighted by Crippen LogP contribution is 2.37. The number of carbonyl (C=O) groups is 2. The fourth-order valence-corrected chi connectivity index (χ4v) is 5.46. The molecule has 0 aromatic carbocycles. The van der Waals surface area contributed by atoms with E-state index in [1.54, 1.807) is 18.7 Å². The Balaban J connectivity index is 1.51. The van der Waals surface area contributed by atoms with Gasteiger partial charge in [0.05, 0.1) is 17.7 Å². The van der Waals surface area contributed by atoms with E-state index >= 15 is 0 Å². The highest BCUT2D eigenvalue weighted by Gasteiger charge is 2.32. The lowest BCUT2D eigenvalue weighted by Crippen LogP contribution is -2.40. The van der Waals surface area contributed by atoms with Crippen LogP contribution in [-0.2, 0) is 11.8 Å². The number of methoxy groups -OCH3 is 1. The van der Waals surface area contributed by atoms with Crippen LogP contribution in [-0.4, -0.2) is 56.7 Å². The number of nitrogens with zero attached hydrogens (tertiary/aromatic N) is 6. The first kappa shape index (κ1) is 23.9. The molecule has 0 bridgehead atoms. The highest BCUT2D eigenvalue weighted by molar-refractivity contribution is 7.17. The Morgan fingerprint density at radius 1 is 1.44 bits per heavy atom. The van der Waals surface area contributed by atoms with Crippen molar-refractivity contribution in [2.75, 3.05) is 25.1 Å². The van der Waals surface area contributed by atoms with Crippen LogP contribution in [0.2, 0.25) is 5.02 Å². The second-order valence-electron chi connectivity index (χ2n) is 8.40. The monoisotopic (exact) mass is 501 g/mol. The number of ether oxygens (including phenoxy) is 1. The molecule has 4 heterocycles. The molecule has 178 valence electrons. The molecule has 0 saturated carbocycles. The molecule has 3 aromatic rings. The van der Waals surface area contributed by atoms with E-state index in [9.17, 15) is 14.9 Å². The Labute approximate surface area is 205 Å². The number of aromatic nitrogens is 5. The molecule has 10 nitrogen and oxygen atoms in total. The minimum Gasteiger partial charge on any atom is -0.465 e. The predicted octanol–water partition coefficient (Wildman–Crippen LogP) is 3.62. The van der Waals surface area contributed by atoms with E-state index in [1.165, 1.54) is 24.8 Å². The summed E-state index contributed by atoms with van der Waals surface area (Å²) in [6.45, 7) is 5.21. The van der Waals surface area contributed by atoms with Gasteiger partial charge in [0.25, 0.3) is 0 Å². The zero-order valence-electron chi connectivity index (χ0n) is 19.3. The van der Waals surface area contributed by atoms with Gasteiger partial charge < -0.3 is 14.6 Å². The van der Waals surface area contributed by atoms with E-state index in [-0.39, 0.29) is 28.9 Å². The van der Waals surface area contributed by atoms with Crippen LogP contribution in [0.15, 0.2) is 6.33 Å². The van der Waals surface area contributed by atoms with Gasteiger partial charge in [0.1, 0.15) is 28.7 Å². The molecule has 2 atom stereocenters. The van der Waals surface area contributed by atoms with Crippen molar-refractivity contribution in [1.82, 2.24) is 24.7 Å². The van der Waals surface area contributed by atoms with E-state index in [2.05, 4.69) is 26.9 Å². The fraction of sp³-hybridized carbons (Fsp3) is 0.455. The number of halogens is 1. The average molecular weight is 502 g/mol. The van der Waals surface area contributed by atoms with Gasteiger partial charge in [-0.1, -0.05) is 29.9 Å². The van der Waals surface area contributed by atoms with Crippen LogP contribution in [0.5, 0.6) is 0 Å². The van der Waals surface area contributed by atoms with Crippen LogP contribution in [0, 0.1) is 30.1 Å².